The smallest absolute Gasteiger partial charge is 0.373 e. The van der Waals surface area contributed by atoms with E-state index in [9.17, 15) is 14.4 Å². The molecule has 1 heterocycles. The van der Waals surface area contributed by atoms with Gasteiger partial charge in [0.15, 0.2) is 0 Å². The molecule has 1 aliphatic heterocycles. The lowest BCUT2D eigenvalue weighted by Crippen LogP contribution is -2.60. The standard InChI is InChI=1S/C14H15NO6/c1-15-10-7-5-4-6-9(10)12(17)21-14(15,13(18)20-3)8-11(16)19-2/h4-7H,8H2,1-3H3/t14-/m0/s1. The minimum atomic E-state index is -1.87. The van der Waals surface area contributed by atoms with E-state index in [1.165, 1.54) is 12.0 Å². The van der Waals surface area contributed by atoms with E-state index >= 15 is 0 Å². The quantitative estimate of drug-likeness (QED) is 0.600. The number of hydrogen-bond donors (Lipinski definition) is 0. The Kier molecular flexibility index (Phi) is 3.84. The lowest BCUT2D eigenvalue weighted by Gasteiger charge is -2.42. The third-order valence-electron chi connectivity index (χ3n) is 3.40. The molecule has 1 aromatic rings. The molecule has 0 spiro atoms. The Bertz CT molecular complexity index is 599. The average molecular weight is 293 g/mol. The van der Waals surface area contributed by atoms with Gasteiger partial charge in [-0.2, -0.15) is 0 Å². The van der Waals surface area contributed by atoms with E-state index in [0.29, 0.717) is 11.3 Å². The number of carbonyl (C=O) groups is 3. The van der Waals surface area contributed by atoms with Crippen molar-refractivity contribution in [3.63, 3.8) is 0 Å². The Morgan fingerprint density at radius 2 is 1.90 bits per heavy atom. The van der Waals surface area contributed by atoms with Crippen LogP contribution in [0.25, 0.3) is 0 Å². The van der Waals surface area contributed by atoms with E-state index in [1.54, 1.807) is 31.3 Å². The molecule has 112 valence electrons. The molecule has 7 heteroatoms. The van der Waals surface area contributed by atoms with Crippen LogP contribution in [-0.4, -0.2) is 44.9 Å². The van der Waals surface area contributed by atoms with Crippen LogP contribution >= 0.6 is 0 Å². The maximum atomic E-state index is 12.2. The van der Waals surface area contributed by atoms with Crippen LogP contribution in [0.1, 0.15) is 16.8 Å². The van der Waals surface area contributed by atoms with Crippen molar-refractivity contribution in [3.8, 4) is 0 Å². The molecule has 0 aromatic heterocycles. The minimum Gasteiger partial charge on any atom is -0.469 e. The van der Waals surface area contributed by atoms with Gasteiger partial charge in [-0.25, -0.2) is 9.59 Å². The largest absolute Gasteiger partial charge is 0.469 e. The molecular weight excluding hydrogens is 278 g/mol. The lowest BCUT2D eigenvalue weighted by atomic mass is 10.0. The number of carbonyl (C=O) groups excluding carboxylic acids is 3. The molecule has 1 atom stereocenters. The first-order valence-electron chi connectivity index (χ1n) is 6.17. The molecule has 0 N–H and O–H groups in total. The zero-order chi connectivity index (χ0) is 15.6. The van der Waals surface area contributed by atoms with Gasteiger partial charge in [-0.15, -0.1) is 0 Å². The molecule has 0 amide bonds. The van der Waals surface area contributed by atoms with Crippen LogP contribution in [0.3, 0.4) is 0 Å². The van der Waals surface area contributed by atoms with Gasteiger partial charge < -0.3 is 19.1 Å². The number of cyclic esters (lactones) is 1. The summed E-state index contributed by atoms with van der Waals surface area (Å²) in [6.07, 6.45) is -0.466. The summed E-state index contributed by atoms with van der Waals surface area (Å²) in [6, 6.07) is 6.63. The van der Waals surface area contributed by atoms with Gasteiger partial charge in [0.2, 0.25) is 0 Å². The van der Waals surface area contributed by atoms with E-state index in [-0.39, 0.29) is 0 Å². The van der Waals surface area contributed by atoms with Gasteiger partial charge in [-0.1, -0.05) is 12.1 Å². The van der Waals surface area contributed by atoms with Gasteiger partial charge in [0.25, 0.3) is 5.72 Å². The Morgan fingerprint density at radius 3 is 2.52 bits per heavy atom. The van der Waals surface area contributed by atoms with Crippen molar-refractivity contribution in [2.75, 3.05) is 26.2 Å². The fraction of sp³-hybridized carbons (Fsp3) is 0.357. The molecule has 0 saturated carbocycles. The van der Waals surface area contributed by atoms with Crippen molar-refractivity contribution < 1.29 is 28.6 Å². The molecule has 1 aromatic carbocycles. The van der Waals surface area contributed by atoms with E-state index in [0.717, 1.165) is 7.11 Å². The summed E-state index contributed by atoms with van der Waals surface area (Å²) in [4.78, 5) is 37.3. The third-order valence-corrected chi connectivity index (χ3v) is 3.40. The third kappa shape index (κ3) is 2.31. The Hall–Kier alpha value is -2.57. The van der Waals surface area contributed by atoms with Crippen molar-refractivity contribution in [1.29, 1.82) is 0 Å². The highest BCUT2D eigenvalue weighted by Gasteiger charge is 2.53. The Labute approximate surface area is 121 Å². The minimum absolute atomic E-state index is 0.310. The molecule has 1 aliphatic rings. The lowest BCUT2D eigenvalue weighted by molar-refractivity contribution is -0.170. The fourth-order valence-electron chi connectivity index (χ4n) is 2.24. The van der Waals surface area contributed by atoms with Gasteiger partial charge in [0.05, 0.1) is 25.5 Å². The van der Waals surface area contributed by atoms with E-state index in [4.69, 9.17) is 9.47 Å². The molecule has 0 saturated heterocycles. The van der Waals surface area contributed by atoms with Crippen LogP contribution < -0.4 is 4.90 Å². The molecule has 7 nitrogen and oxygen atoms in total. The van der Waals surface area contributed by atoms with Crippen LogP contribution in [0.5, 0.6) is 0 Å². The highest BCUT2D eigenvalue weighted by molar-refractivity contribution is 6.03. The van der Waals surface area contributed by atoms with Crippen LogP contribution in [0.15, 0.2) is 24.3 Å². The summed E-state index contributed by atoms with van der Waals surface area (Å²) >= 11 is 0. The number of hydrogen-bond acceptors (Lipinski definition) is 7. The highest BCUT2D eigenvalue weighted by atomic mass is 16.6. The number of rotatable bonds is 3. The number of fused-ring (bicyclic) bond motifs is 1. The first-order valence-corrected chi connectivity index (χ1v) is 6.17. The predicted octanol–water partition coefficient (Wildman–Crippen LogP) is 0.726. The molecule has 0 aliphatic carbocycles. The van der Waals surface area contributed by atoms with Gasteiger partial charge in [0.1, 0.15) is 6.42 Å². The number of nitrogens with zero attached hydrogens (tertiary/aromatic N) is 1. The Morgan fingerprint density at radius 1 is 1.24 bits per heavy atom. The normalized spacial score (nSPS) is 20.3. The van der Waals surface area contributed by atoms with Crippen LogP contribution in [0.2, 0.25) is 0 Å². The zero-order valence-electron chi connectivity index (χ0n) is 11.9. The van der Waals surface area contributed by atoms with Crippen LogP contribution in [0, 0.1) is 0 Å². The van der Waals surface area contributed by atoms with Gasteiger partial charge in [0, 0.05) is 7.05 Å². The molecule has 21 heavy (non-hydrogen) atoms. The summed E-state index contributed by atoms with van der Waals surface area (Å²) in [5.41, 5.74) is -1.08. The predicted molar refractivity (Wildman–Crippen MR) is 71.6 cm³/mol. The van der Waals surface area contributed by atoms with Crippen molar-refractivity contribution in [2.24, 2.45) is 0 Å². The molecule has 0 unspecified atom stereocenters. The highest BCUT2D eigenvalue weighted by Crippen LogP contribution is 2.36. The summed E-state index contributed by atoms with van der Waals surface area (Å²) in [5, 5.41) is 0. The maximum Gasteiger partial charge on any atom is 0.373 e. The first kappa shape index (κ1) is 14.8. The zero-order valence-corrected chi connectivity index (χ0v) is 11.9. The molecule has 0 radical (unpaired) electrons. The monoisotopic (exact) mass is 293 g/mol. The second-order valence-corrected chi connectivity index (χ2v) is 4.49. The van der Waals surface area contributed by atoms with E-state index in [1.807, 2.05) is 0 Å². The van der Waals surface area contributed by atoms with Crippen LogP contribution in [-0.2, 0) is 23.8 Å². The summed E-state index contributed by atoms with van der Waals surface area (Å²) in [5.74, 6) is -2.24. The summed E-state index contributed by atoms with van der Waals surface area (Å²) in [6.45, 7) is 0. The molecule has 0 fully saturated rings. The second kappa shape index (κ2) is 5.43. The molecular formula is C14H15NO6. The number of ether oxygens (including phenoxy) is 3. The topological polar surface area (TPSA) is 82.1 Å². The number of esters is 3. The van der Waals surface area contributed by atoms with E-state index < -0.39 is 30.1 Å². The second-order valence-electron chi connectivity index (χ2n) is 4.49. The van der Waals surface area contributed by atoms with Crippen molar-refractivity contribution >= 4 is 23.6 Å². The fourth-order valence-corrected chi connectivity index (χ4v) is 2.24. The van der Waals surface area contributed by atoms with Crippen LogP contribution in [0.4, 0.5) is 5.69 Å². The SMILES string of the molecule is COC(=O)C[C@@]1(C(=O)OC)OC(=O)c2ccccc2N1C. The number of anilines is 1. The molecule has 0 bridgehead atoms. The number of methoxy groups -OCH3 is 2. The summed E-state index contributed by atoms with van der Waals surface area (Å²) < 4.78 is 14.5. The summed E-state index contributed by atoms with van der Waals surface area (Å²) in [7, 11) is 3.89. The van der Waals surface area contributed by atoms with E-state index in [2.05, 4.69) is 4.74 Å². The van der Waals surface area contributed by atoms with Crippen molar-refractivity contribution in [3.05, 3.63) is 29.8 Å². The van der Waals surface area contributed by atoms with Gasteiger partial charge in [-0.05, 0) is 12.1 Å². The maximum absolute atomic E-state index is 12.2. The van der Waals surface area contributed by atoms with Crippen molar-refractivity contribution in [2.45, 2.75) is 12.1 Å². The van der Waals surface area contributed by atoms with Crippen molar-refractivity contribution in [1.82, 2.24) is 0 Å². The molecule has 2 rings (SSSR count). The average Bonchev–Trinajstić information content (AvgIpc) is 2.51. The Balaban J connectivity index is 2.54. The number of likely N-dealkylation sites (N-methyl/N-ethyl adjacent to an activating group) is 1. The first-order chi connectivity index (χ1) is 9.96. The van der Waals surface area contributed by atoms with Gasteiger partial charge in [-0.3, -0.25) is 4.79 Å². The number of benzene rings is 1. The van der Waals surface area contributed by atoms with Gasteiger partial charge >= 0.3 is 17.9 Å². The number of para-hydroxylation sites is 1.